The lowest BCUT2D eigenvalue weighted by Crippen LogP contribution is -2.44. The normalized spacial score (nSPS) is 24.4. The highest BCUT2D eigenvalue weighted by molar-refractivity contribution is 8.03. The summed E-state index contributed by atoms with van der Waals surface area (Å²) in [6.07, 6.45) is 3.59. The van der Waals surface area contributed by atoms with Gasteiger partial charge >= 0.3 is 0 Å². The van der Waals surface area contributed by atoms with Crippen molar-refractivity contribution in [3.05, 3.63) is 12.2 Å². The molecule has 0 saturated heterocycles. The molecule has 128 valence electrons. The van der Waals surface area contributed by atoms with Gasteiger partial charge in [-0.15, -0.1) is 10.2 Å². The minimum Gasteiger partial charge on any atom is -0.352 e. The maximum absolute atomic E-state index is 12.2. The van der Waals surface area contributed by atoms with Crippen molar-refractivity contribution in [1.82, 2.24) is 15.5 Å². The third-order valence-corrected chi connectivity index (χ3v) is 7.63. The van der Waals surface area contributed by atoms with Gasteiger partial charge in [-0.1, -0.05) is 73.7 Å². The molecule has 1 fully saturated rings. The van der Waals surface area contributed by atoms with E-state index < -0.39 is 0 Å². The number of carbonyl (C=O) groups excluding carboxylic acids is 1. The van der Waals surface area contributed by atoms with Gasteiger partial charge in [0.2, 0.25) is 5.91 Å². The van der Waals surface area contributed by atoms with Gasteiger partial charge in [0.25, 0.3) is 0 Å². The largest absolute Gasteiger partial charge is 0.352 e. The Morgan fingerprint density at radius 2 is 1.91 bits per heavy atom. The average Bonchev–Trinajstić information content (AvgIpc) is 2.96. The van der Waals surface area contributed by atoms with Crippen LogP contribution in [0.5, 0.6) is 0 Å². The number of nitrogens with zero attached hydrogens (tertiary/aromatic N) is 2. The second-order valence-electron chi connectivity index (χ2n) is 6.31. The molecule has 2 rings (SSSR count). The summed E-state index contributed by atoms with van der Waals surface area (Å²) in [6.45, 7) is 10.4. The molecule has 0 aliphatic heterocycles. The topological polar surface area (TPSA) is 54.9 Å². The molecule has 0 radical (unpaired) electrons. The molecule has 1 aromatic rings. The summed E-state index contributed by atoms with van der Waals surface area (Å²) < 4.78 is 1.79. The minimum absolute atomic E-state index is 0.104. The van der Waals surface area contributed by atoms with Crippen LogP contribution in [0.1, 0.15) is 40.0 Å². The van der Waals surface area contributed by atoms with Gasteiger partial charge in [-0.2, -0.15) is 0 Å². The molecule has 1 aromatic heterocycles. The van der Waals surface area contributed by atoms with Crippen LogP contribution in [0, 0.1) is 11.8 Å². The maximum Gasteiger partial charge on any atom is 0.230 e. The molecule has 4 nitrogen and oxygen atoms in total. The van der Waals surface area contributed by atoms with Crippen molar-refractivity contribution in [1.29, 1.82) is 0 Å². The molecule has 1 N–H and O–H groups in total. The number of hydrogen-bond acceptors (Lipinski definition) is 6. The van der Waals surface area contributed by atoms with Crippen LogP contribution in [0.2, 0.25) is 0 Å². The van der Waals surface area contributed by atoms with Crippen molar-refractivity contribution in [3.63, 3.8) is 0 Å². The lowest BCUT2D eigenvalue weighted by atomic mass is 9.78. The van der Waals surface area contributed by atoms with Gasteiger partial charge in [0.15, 0.2) is 8.68 Å². The Balaban J connectivity index is 1.75. The highest BCUT2D eigenvalue weighted by atomic mass is 32.2. The Labute approximate surface area is 151 Å². The molecule has 1 heterocycles. The van der Waals surface area contributed by atoms with Gasteiger partial charge in [0.1, 0.15) is 0 Å². The van der Waals surface area contributed by atoms with E-state index in [0.29, 0.717) is 23.6 Å². The Kier molecular flexibility index (Phi) is 7.43. The van der Waals surface area contributed by atoms with Gasteiger partial charge in [0, 0.05) is 11.8 Å². The zero-order chi connectivity index (χ0) is 16.8. The molecule has 0 aromatic carbocycles. The first-order valence-electron chi connectivity index (χ1n) is 7.98. The zero-order valence-corrected chi connectivity index (χ0v) is 16.5. The van der Waals surface area contributed by atoms with Crippen LogP contribution in [0.4, 0.5) is 0 Å². The average molecular weight is 372 g/mol. The van der Waals surface area contributed by atoms with Crippen LogP contribution in [0.15, 0.2) is 20.8 Å². The van der Waals surface area contributed by atoms with E-state index >= 15 is 0 Å². The number of carbonyl (C=O) groups is 1. The molecule has 23 heavy (non-hydrogen) atoms. The molecule has 1 amide bonds. The fraction of sp³-hybridized carbons (Fsp3) is 0.688. The Morgan fingerprint density at radius 3 is 2.57 bits per heavy atom. The molecule has 1 aliphatic rings. The van der Waals surface area contributed by atoms with Crippen LogP contribution in [0.3, 0.4) is 0 Å². The summed E-state index contributed by atoms with van der Waals surface area (Å²) in [6, 6.07) is 0.322. The summed E-state index contributed by atoms with van der Waals surface area (Å²) in [5.74, 6) is 2.63. The number of nitrogens with one attached hydrogen (secondary N) is 1. The molecule has 0 spiro atoms. The third kappa shape index (κ3) is 6.12. The molecule has 0 bridgehead atoms. The molecule has 1 saturated carbocycles. The summed E-state index contributed by atoms with van der Waals surface area (Å²) in [7, 11) is 0. The van der Waals surface area contributed by atoms with E-state index in [1.165, 1.54) is 24.6 Å². The van der Waals surface area contributed by atoms with Crippen molar-refractivity contribution < 1.29 is 4.79 Å². The number of thioether (sulfide) groups is 2. The van der Waals surface area contributed by atoms with Gasteiger partial charge in [-0.25, -0.2) is 0 Å². The van der Waals surface area contributed by atoms with Crippen molar-refractivity contribution in [3.8, 4) is 0 Å². The second-order valence-corrected chi connectivity index (χ2v) is 9.73. The highest BCUT2D eigenvalue weighted by Crippen LogP contribution is 2.31. The molecule has 1 aliphatic carbocycles. The predicted octanol–water partition coefficient (Wildman–Crippen LogP) is 4.24. The summed E-state index contributed by atoms with van der Waals surface area (Å²) in [5.41, 5.74) is 1.12. The Bertz CT molecular complexity index is 546. The maximum atomic E-state index is 12.2. The molecule has 7 heteroatoms. The fourth-order valence-electron chi connectivity index (χ4n) is 2.66. The number of aromatic nitrogens is 2. The Morgan fingerprint density at radius 1 is 1.26 bits per heavy atom. The summed E-state index contributed by atoms with van der Waals surface area (Å²) >= 11 is 4.66. The summed E-state index contributed by atoms with van der Waals surface area (Å²) in [5, 5.41) is 11.5. The van der Waals surface area contributed by atoms with Gasteiger partial charge in [-0.05, 0) is 25.2 Å². The number of amides is 1. The molecule has 3 atom stereocenters. The lowest BCUT2D eigenvalue weighted by molar-refractivity contribution is -0.119. The van der Waals surface area contributed by atoms with E-state index in [1.807, 2.05) is 6.92 Å². The van der Waals surface area contributed by atoms with E-state index in [1.54, 1.807) is 23.1 Å². The van der Waals surface area contributed by atoms with Crippen molar-refractivity contribution >= 4 is 40.8 Å². The fourth-order valence-corrected chi connectivity index (χ4v) is 5.33. The van der Waals surface area contributed by atoms with Crippen LogP contribution >= 0.6 is 34.9 Å². The van der Waals surface area contributed by atoms with E-state index in [4.69, 9.17) is 0 Å². The lowest BCUT2D eigenvalue weighted by Gasteiger charge is -2.34. The van der Waals surface area contributed by atoms with E-state index in [-0.39, 0.29) is 5.91 Å². The molecular weight excluding hydrogens is 346 g/mol. The standard InChI is InChI=1S/C16H25N3OS3/c1-10(2)8-21-15-18-19-16(23-15)22-9-14(20)17-13-7-5-6-11(3)12(13)4/h11-13H,1,5-9H2,2-4H3,(H,17,20)/t11-,12-,13+/m0/s1. The molecular formula is C16H25N3OS3. The summed E-state index contributed by atoms with van der Waals surface area (Å²) in [4.78, 5) is 12.2. The van der Waals surface area contributed by atoms with E-state index in [0.717, 1.165) is 26.4 Å². The minimum atomic E-state index is 0.104. The predicted molar refractivity (Wildman–Crippen MR) is 100 cm³/mol. The van der Waals surface area contributed by atoms with Crippen molar-refractivity contribution in [2.24, 2.45) is 11.8 Å². The van der Waals surface area contributed by atoms with E-state index in [2.05, 4.69) is 35.9 Å². The van der Waals surface area contributed by atoms with Gasteiger partial charge in [0.05, 0.1) is 5.75 Å². The first-order chi connectivity index (χ1) is 11.0. The zero-order valence-electron chi connectivity index (χ0n) is 14.0. The first kappa shape index (κ1) is 18.8. The third-order valence-electron chi connectivity index (χ3n) is 4.21. The monoisotopic (exact) mass is 371 g/mol. The number of rotatable bonds is 7. The van der Waals surface area contributed by atoms with Crippen LogP contribution in [-0.4, -0.2) is 33.7 Å². The van der Waals surface area contributed by atoms with Gasteiger partial charge in [-0.3, -0.25) is 4.79 Å². The van der Waals surface area contributed by atoms with Gasteiger partial charge < -0.3 is 5.32 Å². The van der Waals surface area contributed by atoms with Crippen molar-refractivity contribution in [2.45, 2.75) is 54.8 Å². The smallest absolute Gasteiger partial charge is 0.230 e. The quantitative estimate of drug-likeness (QED) is 0.574. The highest BCUT2D eigenvalue weighted by Gasteiger charge is 2.28. The SMILES string of the molecule is C=C(C)CSc1nnc(SCC(=O)N[C@@H]2CCC[C@H](C)[C@@H]2C)s1. The van der Waals surface area contributed by atoms with E-state index in [9.17, 15) is 4.79 Å². The van der Waals surface area contributed by atoms with Crippen LogP contribution < -0.4 is 5.32 Å². The molecule has 0 unspecified atom stereocenters. The van der Waals surface area contributed by atoms with Crippen LogP contribution in [-0.2, 0) is 4.79 Å². The second kappa shape index (κ2) is 9.08. The number of hydrogen-bond donors (Lipinski definition) is 1. The van der Waals surface area contributed by atoms with Crippen LogP contribution in [0.25, 0.3) is 0 Å². The Hall–Kier alpha value is -0.530. The first-order valence-corrected chi connectivity index (χ1v) is 10.8. The van der Waals surface area contributed by atoms with Crippen molar-refractivity contribution in [2.75, 3.05) is 11.5 Å².